The minimum absolute atomic E-state index is 0.840. The monoisotopic (exact) mass is 176 g/mol. The van der Waals surface area contributed by atoms with E-state index in [1.807, 2.05) is 43.5 Å². The highest BCUT2D eigenvalue weighted by atomic mass is 16.7. The lowest BCUT2D eigenvalue weighted by molar-refractivity contribution is -0.0569. The molecule has 0 spiro atoms. The molecule has 0 aliphatic carbocycles. The first-order valence-electron chi connectivity index (χ1n) is 4.38. The Labute approximate surface area is 77.5 Å². The number of para-hydroxylation sites is 1. The zero-order valence-corrected chi connectivity index (χ0v) is 7.53. The summed E-state index contributed by atoms with van der Waals surface area (Å²) in [6, 6.07) is 7.93. The van der Waals surface area contributed by atoms with E-state index < -0.39 is 0 Å². The van der Waals surface area contributed by atoms with Gasteiger partial charge in [-0.3, -0.25) is 0 Å². The Balaban J connectivity index is 2.19. The summed E-state index contributed by atoms with van der Waals surface area (Å²) in [7, 11) is 0. The van der Waals surface area contributed by atoms with E-state index in [0.717, 1.165) is 17.9 Å². The molecule has 0 bridgehead atoms. The second-order valence-corrected chi connectivity index (χ2v) is 2.78. The molecular formula is C10H12N2O. The van der Waals surface area contributed by atoms with Crippen molar-refractivity contribution in [1.82, 2.24) is 10.6 Å². The number of fused-ring (bicyclic) bond motifs is 1. The van der Waals surface area contributed by atoms with Gasteiger partial charge >= 0.3 is 0 Å². The molecule has 68 valence electrons. The SMILES string of the molecule is CCNN1C=Cc2ccccc2O1. The molecule has 0 radical (unpaired) electrons. The summed E-state index contributed by atoms with van der Waals surface area (Å²) in [5, 5.41) is 1.61. The zero-order valence-electron chi connectivity index (χ0n) is 7.53. The molecule has 3 heteroatoms. The fourth-order valence-corrected chi connectivity index (χ4v) is 1.23. The van der Waals surface area contributed by atoms with Crippen LogP contribution < -0.4 is 10.3 Å². The third kappa shape index (κ3) is 1.65. The van der Waals surface area contributed by atoms with Gasteiger partial charge in [0.25, 0.3) is 0 Å². The number of rotatable bonds is 2. The van der Waals surface area contributed by atoms with E-state index in [9.17, 15) is 0 Å². The van der Waals surface area contributed by atoms with Crippen molar-refractivity contribution in [2.75, 3.05) is 6.54 Å². The second kappa shape index (κ2) is 3.49. The highest BCUT2D eigenvalue weighted by Gasteiger charge is 2.09. The van der Waals surface area contributed by atoms with E-state index in [-0.39, 0.29) is 0 Å². The maximum Gasteiger partial charge on any atom is 0.164 e. The molecule has 0 unspecified atom stereocenters. The Bertz CT molecular complexity index is 322. The summed E-state index contributed by atoms with van der Waals surface area (Å²) < 4.78 is 0. The van der Waals surface area contributed by atoms with Gasteiger partial charge in [0.15, 0.2) is 5.75 Å². The minimum atomic E-state index is 0.840. The number of nitrogens with one attached hydrogen (secondary N) is 1. The number of hydroxylamine groups is 1. The molecule has 0 saturated heterocycles. The van der Waals surface area contributed by atoms with E-state index in [1.54, 1.807) is 5.17 Å². The van der Waals surface area contributed by atoms with Crippen LogP contribution in [0.1, 0.15) is 12.5 Å². The van der Waals surface area contributed by atoms with E-state index in [1.165, 1.54) is 0 Å². The van der Waals surface area contributed by atoms with Crippen molar-refractivity contribution in [3.8, 4) is 5.75 Å². The molecule has 1 aromatic rings. The summed E-state index contributed by atoms with van der Waals surface area (Å²) in [5.74, 6) is 0.881. The van der Waals surface area contributed by atoms with E-state index in [0.29, 0.717) is 0 Å². The van der Waals surface area contributed by atoms with Crippen LogP contribution in [0.5, 0.6) is 5.75 Å². The van der Waals surface area contributed by atoms with Crippen LogP contribution in [0.4, 0.5) is 0 Å². The molecule has 0 aromatic heterocycles. The van der Waals surface area contributed by atoms with Gasteiger partial charge in [-0.25, -0.2) is 5.43 Å². The van der Waals surface area contributed by atoms with Crippen LogP contribution in [-0.2, 0) is 0 Å². The summed E-state index contributed by atoms with van der Waals surface area (Å²) in [6.45, 7) is 2.87. The van der Waals surface area contributed by atoms with Crippen LogP contribution in [0.2, 0.25) is 0 Å². The highest BCUT2D eigenvalue weighted by Crippen LogP contribution is 2.23. The van der Waals surface area contributed by atoms with Gasteiger partial charge in [-0.2, -0.15) is 0 Å². The highest BCUT2D eigenvalue weighted by molar-refractivity contribution is 5.57. The standard InChI is InChI=1S/C10H12N2O/c1-2-11-12-8-7-9-5-3-4-6-10(9)13-12/h3-8,11H,2H2,1H3. The quantitative estimate of drug-likeness (QED) is 0.743. The van der Waals surface area contributed by atoms with Gasteiger partial charge in [-0.1, -0.05) is 25.1 Å². The van der Waals surface area contributed by atoms with Gasteiger partial charge in [0.2, 0.25) is 0 Å². The van der Waals surface area contributed by atoms with Crippen LogP contribution in [0.15, 0.2) is 30.5 Å². The third-order valence-corrected chi connectivity index (χ3v) is 1.82. The van der Waals surface area contributed by atoms with Crippen molar-refractivity contribution >= 4 is 6.08 Å². The first kappa shape index (κ1) is 8.13. The first-order chi connectivity index (χ1) is 6.40. The number of benzene rings is 1. The third-order valence-electron chi connectivity index (χ3n) is 1.82. The molecular weight excluding hydrogens is 164 g/mol. The Morgan fingerprint density at radius 2 is 2.23 bits per heavy atom. The second-order valence-electron chi connectivity index (χ2n) is 2.78. The van der Waals surface area contributed by atoms with Crippen molar-refractivity contribution in [2.45, 2.75) is 6.92 Å². The molecule has 13 heavy (non-hydrogen) atoms. The summed E-state index contributed by atoms with van der Waals surface area (Å²) in [4.78, 5) is 5.51. The lowest BCUT2D eigenvalue weighted by Gasteiger charge is -2.24. The molecule has 1 N–H and O–H groups in total. The van der Waals surface area contributed by atoms with Gasteiger partial charge in [-0.15, -0.1) is 5.17 Å². The Morgan fingerprint density at radius 1 is 1.38 bits per heavy atom. The maximum absolute atomic E-state index is 5.51. The van der Waals surface area contributed by atoms with Crippen molar-refractivity contribution in [2.24, 2.45) is 0 Å². The molecule has 1 heterocycles. The topological polar surface area (TPSA) is 24.5 Å². The lowest BCUT2D eigenvalue weighted by Crippen LogP contribution is -2.37. The molecule has 1 aromatic carbocycles. The lowest BCUT2D eigenvalue weighted by atomic mass is 10.2. The fraction of sp³-hybridized carbons (Fsp3) is 0.200. The van der Waals surface area contributed by atoms with Gasteiger partial charge < -0.3 is 4.84 Å². The van der Waals surface area contributed by atoms with Gasteiger partial charge in [-0.05, 0) is 12.1 Å². The van der Waals surface area contributed by atoms with Gasteiger partial charge in [0.05, 0.1) is 6.20 Å². The molecule has 1 aliphatic heterocycles. The van der Waals surface area contributed by atoms with Crippen LogP contribution in [0, 0.1) is 0 Å². The van der Waals surface area contributed by atoms with Crippen LogP contribution in [-0.4, -0.2) is 11.7 Å². The largest absolute Gasteiger partial charge is 0.364 e. The maximum atomic E-state index is 5.51. The molecule has 0 fully saturated rings. The van der Waals surface area contributed by atoms with Crippen LogP contribution in [0.3, 0.4) is 0 Å². The number of hydrazine groups is 1. The van der Waals surface area contributed by atoms with Gasteiger partial charge in [0, 0.05) is 12.1 Å². The van der Waals surface area contributed by atoms with Crippen molar-refractivity contribution in [1.29, 1.82) is 0 Å². The Kier molecular flexibility index (Phi) is 2.19. The Morgan fingerprint density at radius 3 is 3.08 bits per heavy atom. The summed E-state index contributed by atoms with van der Waals surface area (Å²) in [6.07, 6.45) is 3.88. The van der Waals surface area contributed by atoms with Crippen molar-refractivity contribution in [3.05, 3.63) is 36.0 Å². The normalized spacial score (nSPS) is 13.8. The average molecular weight is 176 g/mol. The average Bonchev–Trinajstić information content (AvgIpc) is 2.18. The van der Waals surface area contributed by atoms with Crippen LogP contribution in [0.25, 0.3) is 6.08 Å². The number of hydrogen-bond acceptors (Lipinski definition) is 3. The number of hydrogen-bond donors (Lipinski definition) is 1. The predicted octanol–water partition coefficient (Wildman–Crippen LogP) is 1.79. The van der Waals surface area contributed by atoms with Crippen LogP contribution >= 0.6 is 0 Å². The molecule has 3 nitrogen and oxygen atoms in total. The van der Waals surface area contributed by atoms with E-state index in [2.05, 4.69) is 5.43 Å². The van der Waals surface area contributed by atoms with Crippen molar-refractivity contribution in [3.63, 3.8) is 0 Å². The minimum Gasteiger partial charge on any atom is -0.364 e. The summed E-state index contributed by atoms with van der Waals surface area (Å²) in [5.41, 5.74) is 4.16. The van der Waals surface area contributed by atoms with E-state index in [4.69, 9.17) is 4.84 Å². The molecule has 0 amide bonds. The smallest absolute Gasteiger partial charge is 0.164 e. The molecule has 2 rings (SSSR count). The molecule has 0 atom stereocenters. The zero-order chi connectivity index (χ0) is 9.10. The molecule has 0 saturated carbocycles. The predicted molar refractivity (Wildman–Crippen MR) is 51.6 cm³/mol. The Hall–Kier alpha value is -1.48. The first-order valence-corrected chi connectivity index (χ1v) is 4.38. The molecule has 1 aliphatic rings. The summed E-state index contributed by atoms with van der Waals surface area (Å²) >= 11 is 0. The van der Waals surface area contributed by atoms with Gasteiger partial charge in [0.1, 0.15) is 0 Å². The number of nitrogens with zero attached hydrogens (tertiary/aromatic N) is 1. The fourth-order valence-electron chi connectivity index (χ4n) is 1.23. The van der Waals surface area contributed by atoms with E-state index >= 15 is 0 Å². The van der Waals surface area contributed by atoms with Crippen molar-refractivity contribution < 1.29 is 4.84 Å².